The van der Waals surface area contributed by atoms with Crippen molar-refractivity contribution in [1.29, 1.82) is 0 Å². The minimum absolute atomic E-state index is 0.222. The number of hydrogen-bond donors (Lipinski definition) is 1. The summed E-state index contributed by atoms with van der Waals surface area (Å²) in [5.74, 6) is -0.545. The van der Waals surface area contributed by atoms with Crippen LogP contribution >= 0.6 is 0 Å². The van der Waals surface area contributed by atoms with E-state index in [1.165, 1.54) is 24.3 Å². The number of nitrogens with one attached hydrogen (secondary N) is 1. The van der Waals surface area contributed by atoms with Crippen LogP contribution in [0.25, 0.3) is 0 Å². The highest BCUT2D eigenvalue weighted by Gasteiger charge is 2.33. The number of carbonyl (C=O) groups is 1. The molecule has 114 valence electrons. The molecule has 0 saturated carbocycles. The number of amides is 1. The Labute approximate surface area is 121 Å². The predicted molar refractivity (Wildman–Crippen MR) is 74.6 cm³/mol. The fraction of sp³-hybridized carbons (Fsp3) is 0.400. The zero-order valence-corrected chi connectivity index (χ0v) is 11.7. The lowest BCUT2D eigenvalue weighted by Gasteiger charge is -2.18. The second kappa shape index (κ2) is 6.20. The topological polar surface area (TPSA) is 32.3 Å². The minimum Gasteiger partial charge on any atom is -0.375 e. The molecule has 3 nitrogen and oxygen atoms in total. The number of halogens is 3. The van der Waals surface area contributed by atoms with Crippen LogP contribution < -0.4 is 5.32 Å². The SMILES string of the molecule is CC(=CC(=O)Nc1ccccc1C(F)(F)F)N1CCCC1. The van der Waals surface area contributed by atoms with E-state index in [-0.39, 0.29) is 5.69 Å². The number of rotatable bonds is 3. The third-order valence-electron chi connectivity index (χ3n) is 3.44. The first-order valence-corrected chi connectivity index (χ1v) is 6.78. The molecule has 2 rings (SSSR count). The quantitative estimate of drug-likeness (QED) is 0.864. The number of nitrogens with zero attached hydrogens (tertiary/aromatic N) is 1. The molecule has 1 saturated heterocycles. The molecule has 0 aliphatic carbocycles. The van der Waals surface area contributed by atoms with E-state index in [0.29, 0.717) is 0 Å². The molecular formula is C15H17F3N2O. The Bertz CT molecular complexity index is 546. The van der Waals surface area contributed by atoms with Gasteiger partial charge in [0.25, 0.3) is 0 Å². The monoisotopic (exact) mass is 298 g/mol. The van der Waals surface area contributed by atoms with Crippen molar-refractivity contribution in [1.82, 2.24) is 4.90 Å². The Hall–Kier alpha value is -1.98. The zero-order chi connectivity index (χ0) is 15.5. The van der Waals surface area contributed by atoms with Gasteiger partial charge in [-0.1, -0.05) is 12.1 Å². The molecule has 0 atom stereocenters. The van der Waals surface area contributed by atoms with Crippen molar-refractivity contribution in [3.63, 3.8) is 0 Å². The van der Waals surface area contributed by atoms with E-state index in [9.17, 15) is 18.0 Å². The lowest BCUT2D eigenvalue weighted by atomic mass is 10.1. The van der Waals surface area contributed by atoms with Gasteiger partial charge < -0.3 is 10.2 Å². The third-order valence-corrected chi connectivity index (χ3v) is 3.44. The van der Waals surface area contributed by atoms with Crippen molar-refractivity contribution in [2.75, 3.05) is 18.4 Å². The highest BCUT2D eigenvalue weighted by Crippen LogP contribution is 2.34. The van der Waals surface area contributed by atoms with Crippen LogP contribution in [0.4, 0.5) is 18.9 Å². The van der Waals surface area contributed by atoms with Gasteiger partial charge in [-0.3, -0.25) is 4.79 Å². The molecule has 1 N–H and O–H groups in total. The summed E-state index contributed by atoms with van der Waals surface area (Å²) in [6.07, 6.45) is -0.997. The van der Waals surface area contributed by atoms with E-state index >= 15 is 0 Å². The first kappa shape index (κ1) is 15.4. The molecule has 0 aromatic heterocycles. The van der Waals surface area contributed by atoms with Gasteiger partial charge in [0.05, 0.1) is 11.3 Å². The average molecular weight is 298 g/mol. The molecule has 1 aromatic rings. The second-order valence-electron chi connectivity index (χ2n) is 5.01. The molecule has 1 aromatic carbocycles. The third kappa shape index (κ3) is 4.00. The number of alkyl halides is 3. The highest BCUT2D eigenvalue weighted by molar-refractivity contribution is 6.00. The first-order chi connectivity index (χ1) is 9.88. The van der Waals surface area contributed by atoms with Crippen LogP contribution in [-0.4, -0.2) is 23.9 Å². The molecule has 1 aliphatic rings. The van der Waals surface area contributed by atoms with Crippen molar-refractivity contribution >= 4 is 11.6 Å². The normalized spacial score (nSPS) is 16.2. The zero-order valence-electron chi connectivity index (χ0n) is 11.7. The van der Waals surface area contributed by atoms with E-state index in [2.05, 4.69) is 10.2 Å². The van der Waals surface area contributed by atoms with Gasteiger partial charge >= 0.3 is 6.18 Å². The van der Waals surface area contributed by atoms with Crippen LogP contribution in [0.5, 0.6) is 0 Å². The van der Waals surface area contributed by atoms with Gasteiger partial charge in [0, 0.05) is 24.9 Å². The molecule has 1 fully saturated rings. The van der Waals surface area contributed by atoms with Gasteiger partial charge in [-0.2, -0.15) is 13.2 Å². The van der Waals surface area contributed by atoms with Crippen LogP contribution in [0.2, 0.25) is 0 Å². The lowest BCUT2D eigenvalue weighted by molar-refractivity contribution is -0.136. The molecule has 21 heavy (non-hydrogen) atoms. The maximum absolute atomic E-state index is 12.8. The molecular weight excluding hydrogens is 281 g/mol. The van der Waals surface area contributed by atoms with Crippen LogP contribution in [0, 0.1) is 0 Å². The Morgan fingerprint density at radius 1 is 1.24 bits per heavy atom. The number of carbonyl (C=O) groups excluding carboxylic acids is 1. The van der Waals surface area contributed by atoms with Crippen LogP contribution in [0.15, 0.2) is 36.0 Å². The molecule has 1 amide bonds. The van der Waals surface area contributed by atoms with Crippen LogP contribution in [-0.2, 0) is 11.0 Å². The van der Waals surface area contributed by atoms with E-state index in [1.807, 2.05) is 0 Å². The summed E-state index contributed by atoms with van der Waals surface area (Å²) in [5, 5.41) is 2.31. The predicted octanol–water partition coefficient (Wildman–Crippen LogP) is 3.64. The van der Waals surface area contributed by atoms with Gasteiger partial charge in [-0.25, -0.2) is 0 Å². The first-order valence-electron chi connectivity index (χ1n) is 6.78. The highest BCUT2D eigenvalue weighted by atomic mass is 19.4. The van der Waals surface area contributed by atoms with Crippen molar-refractivity contribution < 1.29 is 18.0 Å². The van der Waals surface area contributed by atoms with E-state index in [4.69, 9.17) is 0 Å². The number of likely N-dealkylation sites (tertiary alicyclic amines) is 1. The molecule has 0 radical (unpaired) electrons. The van der Waals surface area contributed by atoms with Crippen molar-refractivity contribution in [3.05, 3.63) is 41.6 Å². The van der Waals surface area contributed by atoms with Gasteiger partial charge in [0.15, 0.2) is 0 Å². The number of hydrogen-bond acceptors (Lipinski definition) is 2. The number of benzene rings is 1. The largest absolute Gasteiger partial charge is 0.418 e. The summed E-state index contributed by atoms with van der Waals surface area (Å²) in [5.41, 5.74) is -0.291. The van der Waals surface area contributed by atoms with Crippen LogP contribution in [0.3, 0.4) is 0 Å². The van der Waals surface area contributed by atoms with Crippen molar-refractivity contribution in [2.45, 2.75) is 25.9 Å². The van der Waals surface area contributed by atoms with E-state index in [0.717, 1.165) is 37.7 Å². The fourth-order valence-electron chi connectivity index (χ4n) is 2.36. The van der Waals surface area contributed by atoms with Crippen molar-refractivity contribution in [3.8, 4) is 0 Å². The molecule has 0 spiro atoms. The summed E-state index contributed by atoms with van der Waals surface area (Å²) in [6.45, 7) is 3.56. The Balaban J connectivity index is 2.11. The van der Waals surface area contributed by atoms with Gasteiger partial charge in [0.1, 0.15) is 0 Å². The summed E-state index contributed by atoms with van der Waals surface area (Å²) in [6, 6.07) is 4.96. The molecule has 0 bridgehead atoms. The fourth-order valence-corrected chi connectivity index (χ4v) is 2.36. The molecule has 1 heterocycles. The Morgan fingerprint density at radius 2 is 1.86 bits per heavy atom. The van der Waals surface area contributed by atoms with Crippen LogP contribution in [0.1, 0.15) is 25.3 Å². The molecule has 0 unspecified atom stereocenters. The lowest BCUT2D eigenvalue weighted by Crippen LogP contribution is -2.20. The average Bonchev–Trinajstić information content (AvgIpc) is 2.91. The maximum atomic E-state index is 12.8. The number of anilines is 1. The van der Waals surface area contributed by atoms with Gasteiger partial charge in [0.2, 0.25) is 5.91 Å². The van der Waals surface area contributed by atoms with E-state index < -0.39 is 17.6 Å². The summed E-state index contributed by atoms with van der Waals surface area (Å²) < 4.78 is 38.5. The number of para-hydroxylation sites is 1. The summed E-state index contributed by atoms with van der Waals surface area (Å²) in [7, 11) is 0. The van der Waals surface area contributed by atoms with Crippen molar-refractivity contribution in [2.24, 2.45) is 0 Å². The Kier molecular flexibility index (Phi) is 4.55. The summed E-state index contributed by atoms with van der Waals surface area (Å²) >= 11 is 0. The minimum atomic E-state index is -4.49. The standard InChI is InChI=1S/C15H17F3N2O/c1-11(20-8-4-5-9-20)10-14(21)19-13-7-3-2-6-12(13)15(16,17)18/h2-3,6-7,10H,4-5,8-9H2,1H3,(H,19,21). The molecule has 6 heteroatoms. The summed E-state index contributed by atoms with van der Waals surface area (Å²) in [4.78, 5) is 13.9. The molecule has 1 aliphatic heterocycles. The smallest absolute Gasteiger partial charge is 0.375 e. The van der Waals surface area contributed by atoms with E-state index in [1.54, 1.807) is 6.92 Å². The Morgan fingerprint density at radius 3 is 2.48 bits per heavy atom. The number of allylic oxidation sites excluding steroid dienone is 1. The maximum Gasteiger partial charge on any atom is 0.418 e. The second-order valence-corrected chi connectivity index (χ2v) is 5.01. The van der Waals surface area contributed by atoms with Gasteiger partial charge in [-0.15, -0.1) is 0 Å². The van der Waals surface area contributed by atoms with Gasteiger partial charge in [-0.05, 0) is 31.9 Å².